The van der Waals surface area contributed by atoms with E-state index in [4.69, 9.17) is 5.26 Å². The minimum absolute atomic E-state index is 0.594. The van der Waals surface area contributed by atoms with Gasteiger partial charge in [-0.2, -0.15) is 5.26 Å². The molecule has 0 amide bonds. The van der Waals surface area contributed by atoms with Crippen LogP contribution >= 0.6 is 23.5 Å². The van der Waals surface area contributed by atoms with Crippen LogP contribution in [0.2, 0.25) is 0 Å². The third kappa shape index (κ3) is 4.11. The molecule has 0 aliphatic rings. The van der Waals surface area contributed by atoms with Crippen LogP contribution < -0.4 is 0 Å². The van der Waals surface area contributed by atoms with Crippen molar-refractivity contribution in [3.05, 3.63) is 29.8 Å². The van der Waals surface area contributed by atoms with E-state index >= 15 is 0 Å². The van der Waals surface area contributed by atoms with Crippen LogP contribution in [0.25, 0.3) is 0 Å². The number of hydrogen-bond donors (Lipinski definition) is 0. The first kappa shape index (κ1) is 13.5. The van der Waals surface area contributed by atoms with E-state index in [2.05, 4.69) is 42.8 Å². The van der Waals surface area contributed by atoms with E-state index in [0.29, 0.717) is 5.92 Å². The van der Waals surface area contributed by atoms with Gasteiger partial charge in [0.2, 0.25) is 0 Å². The molecule has 86 valence electrons. The maximum atomic E-state index is 8.50. The van der Waals surface area contributed by atoms with Crippen LogP contribution in [0, 0.1) is 10.7 Å². The molecule has 1 atom stereocenters. The standard InChI is InChI=1S/C13H17NS2/c1-3-11(8-9-16-10-14)12-4-6-13(15-2)7-5-12/h4-7,11H,3,8-9H2,1-2H3. The Morgan fingerprint density at radius 3 is 2.50 bits per heavy atom. The molecule has 0 saturated carbocycles. The van der Waals surface area contributed by atoms with Gasteiger partial charge in [-0.3, -0.25) is 0 Å². The highest BCUT2D eigenvalue weighted by molar-refractivity contribution is 8.03. The largest absolute Gasteiger partial charge is 0.185 e. The lowest BCUT2D eigenvalue weighted by Crippen LogP contribution is -1.98. The van der Waals surface area contributed by atoms with Gasteiger partial charge < -0.3 is 0 Å². The van der Waals surface area contributed by atoms with Crippen molar-refractivity contribution >= 4 is 23.5 Å². The average Bonchev–Trinajstić information content (AvgIpc) is 2.35. The number of nitriles is 1. The molecule has 1 rings (SSSR count). The number of hydrogen-bond acceptors (Lipinski definition) is 3. The number of thioether (sulfide) groups is 2. The second kappa shape index (κ2) is 7.65. The lowest BCUT2D eigenvalue weighted by atomic mass is 9.94. The van der Waals surface area contributed by atoms with Crippen LogP contribution in [-0.2, 0) is 0 Å². The van der Waals surface area contributed by atoms with E-state index in [0.717, 1.165) is 18.6 Å². The highest BCUT2D eigenvalue weighted by Gasteiger charge is 2.08. The summed E-state index contributed by atoms with van der Waals surface area (Å²) >= 11 is 3.13. The maximum absolute atomic E-state index is 8.50. The summed E-state index contributed by atoms with van der Waals surface area (Å²) in [5.74, 6) is 1.52. The third-order valence-corrected chi connectivity index (χ3v) is 4.03. The maximum Gasteiger partial charge on any atom is 0.133 e. The van der Waals surface area contributed by atoms with Gasteiger partial charge in [0, 0.05) is 10.6 Å². The molecular weight excluding hydrogens is 234 g/mol. The van der Waals surface area contributed by atoms with E-state index in [1.807, 2.05) is 0 Å². The van der Waals surface area contributed by atoms with Gasteiger partial charge in [-0.25, -0.2) is 0 Å². The fourth-order valence-corrected chi connectivity index (χ4v) is 2.63. The van der Waals surface area contributed by atoms with Crippen molar-refractivity contribution < 1.29 is 0 Å². The van der Waals surface area contributed by atoms with Crippen LogP contribution in [0.1, 0.15) is 31.2 Å². The van der Waals surface area contributed by atoms with E-state index in [1.165, 1.54) is 22.2 Å². The zero-order valence-corrected chi connectivity index (χ0v) is 11.4. The van der Waals surface area contributed by atoms with Crippen LogP contribution in [0.3, 0.4) is 0 Å². The molecule has 0 bridgehead atoms. The normalized spacial score (nSPS) is 12.1. The summed E-state index contributed by atoms with van der Waals surface area (Å²) in [7, 11) is 0. The predicted molar refractivity (Wildman–Crippen MR) is 73.9 cm³/mol. The first-order chi connectivity index (χ1) is 7.81. The fourth-order valence-electron chi connectivity index (χ4n) is 1.73. The van der Waals surface area contributed by atoms with Crippen LogP contribution in [0.4, 0.5) is 0 Å². The predicted octanol–water partition coefficient (Wildman–Crippen LogP) is 4.51. The molecule has 0 aromatic heterocycles. The number of thiocyanates is 1. The average molecular weight is 251 g/mol. The molecule has 1 aromatic rings. The Kier molecular flexibility index (Phi) is 6.44. The molecule has 0 aliphatic carbocycles. The Balaban J connectivity index is 2.60. The van der Waals surface area contributed by atoms with Crippen molar-refractivity contribution in [1.82, 2.24) is 0 Å². The fraction of sp³-hybridized carbons (Fsp3) is 0.462. The SMILES string of the molecule is CCC(CCSC#N)c1ccc(SC)cc1. The molecule has 0 saturated heterocycles. The lowest BCUT2D eigenvalue weighted by molar-refractivity contribution is 0.647. The van der Waals surface area contributed by atoms with Crippen molar-refractivity contribution in [2.75, 3.05) is 12.0 Å². The molecule has 0 N–H and O–H groups in total. The summed E-state index contributed by atoms with van der Waals surface area (Å²) in [5.41, 5.74) is 1.40. The molecule has 3 heteroatoms. The molecule has 1 unspecified atom stereocenters. The summed E-state index contributed by atoms with van der Waals surface area (Å²) in [5, 5.41) is 10.6. The summed E-state index contributed by atoms with van der Waals surface area (Å²) in [6.07, 6.45) is 4.33. The molecular formula is C13H17NS2. The second-order valence-electron chi connectivity index (χ2n) is 3.61. The summed E-state index contributed by atoms with van der Waals surface area (Å²) in [6, 6.07) is 8.80. The van der Waals surface area contributed by atoms with Gasteiger partial charge in [-0.05, 0) is 54.5 Å². The van der Waals surface area contributed by atoms with Gasteiger partial charge in [0.15, 0.2) is 0 Å². The zero-order valence-electron chi connectivity index (χ0n) is 9.77. The van der Waals surface area contributed by atoms with Gasteiger partial charge in [-0.15, -0.1) is 11.8 Å². The van der Waals surface area contributed by atoms with E-state index in [-0.39, 0.29) is 0 Å². The van der Waals surface area contributed by atoms with Gasteiger partial charge in [-0.1, -0.05) is 19.1 Å². The lowest BCUT2D eigenvalue weighted by Gasteiger charge is -2.14. The van der Waals surface area contributed by atoms with Crippen molar-refractivity contribution in [3.8, 4) is 5.40 Å². The number of benzene rings is 1. The van der Waals surface area contributed by atoms with Gasteiger partial charge >= 0.3 is 0 Å². The topological polar surface area (TPSA) is 23.8 Å². The highest BCUT2D eigenvalue weighted by Crippen LogP contribution is 2.26. The van der Waals surface area contributed by atoms with Crippen molar-refractivity contribution in [2.45, 2.75) is 30.6 Å². The van der Waals surface area contributed by atoms with Crippen LogP contribution in [0.5, 0.6) is 0 Å². The Labute approximate surface area is 107 Å². The summed E-state index contributed by atoms with van der Waals surface area (Å²) in [6.45, 7) is 2.21. The Bertz CT molecular complexity index is 340. The third-order valence-electron chi connectivity index (χ3n) is 2.71. The van der Waals surface area contributed by atoms with Crippen molar-refractivity contribution in [3.63, 3.8) is 0 Å². The molecule has 0 heterocycles. The van der Waals surface area contributed by atoms with Gasteiger partial charge in [0.25, 0.3) is 0 Å². The van der Waals surface area contributed by atoms with Crippen LogP contribution in [0.15, 0.2) is 29.2 Å². The van der Waals surface area contributed by atoms with E-state index in [1.54, 1.807) is 11.8 Å². The van der Waals surface area contributed by atoms with E-state index < -0.39 is 0 Å². The number of rotatable bonds is 6. The van der Waals surface area contributed by atoms with Crippen LogP contribution in [-0.4, -0.2) is 12.0 Å². The molecule has 1 aromatic carbocycles. The molecule has 16 heavy (non-hydrogen) atoms. The second-order valence-corrected chi connectivity index (χ2v) is 5.37. The minimum atomic E-state index is 0.594. The summed E-state index contributed by atoms with van der Waals surface area (Å²) < 4.78 is 0. The zero-order chi connectivity index (χ0) is 11.8. The Morgan fingerprint density at radius 1 is 1.31 bits per heavy atom. The molecule has 0 fully saturated rings. The first-order valence-corrected chi connectivity index (χ1v) is 7.67. The van der Waals surface area contributed by atoms with Crippen molar-refractivity contribution in [1.29, 1.82) is 5.26 Å². The first-order valence-electron chi connectivity index (χ1n) is 5.46. The Morgan fingerprint density at radius 2 is 2.00 bits per heavy atom. The molecule has 0 aliphatic heterocycles. The van der Waals surface area contributed by atoms with E-state index in [9.17, 15) is 0 Å². The number of nitrogens with zero attached hydrogens (tertiary/aromatic N) is 1. The van der Waals surface area contributed by atoms with Gasteiger partial charge in [0.05, 0.1) is 0 Å². The highest BCUT2D eigenvalue weighted by atomic mass is 32.2. The smallest absolute Gasteiger partial charge is 0.133 e. The molecule has 0 spiro atoms. The minimum Gasteiger partial charge on any atom is -0.185 e. The van der Waals surface area contributed by atoms with Gasteiger partial charge in [0.1, 0.15) is 5.40 Å². The molecule has 0 radical (unpaired) electrons. The molecule has 1 nitrogen and oxygen atoms in total. The van der Waals surface area contributed by atoms with Crippen molar-refractivity contribution in [2.24, 2.45) is 0 Å². The summed E-state index contributed by atoms with van der Waals surface area (Å²) in [4.78, 5) is 1.31. The Hall–Kier alpha value is -0.590. The quantitative estimate of drug-likeness (QED) is 0.422. The monoisotopic (exact) mass is 251 g/mol.